The molecule has 0 aromatic heterocycles. The summed E-state index contributed by atoms with van der Waals surface area (Å²) in [5, 5.41) is 2.99. The lowest BCUT2D eigenvalue weighted by Crippen LogP contribution is -2.53. The molecule has 1 heterocycles. The van der Waals surface area contributed by atoms with E-state index >= 15 is 0 Å². The Kier molecular flexibility index (Phi) is 10.3. The molecule has 0 radical (unpaired) electrons. The fourth-order valence-corrected chi connectivity index (χ4v) is 3.08. The van der Waals surface area contributed by atoms with E-state index < -0.39 is 12.8 Å². The smallest absolute Gasteiger partial charge is 0.372 e. The minimum atomic E-state index is -4.26. The van der Waals surface area contributed by atoms with Crippen LogP contribution >= 0.6 is 0 Å². The topological polar surface area (TPSA) is 48.1 Å². The Morgan fingerprint density at radius 2 is 1.81 bits per heavy atom. The van der Waals surface area contributed by atoms with Gasteiger partial charge in [-0.05, 0) is 26.4 Å². The average molecular weight is 382 g/mol. The highest BCUT2D eigenvalue weighted by Gasteiger charge is 2.27. The van der Waals surface area contributed by atoms with Gasteiger partial charge < -0.3 is 15.0 Å². The van der Waals surface area contributed by atoms with Gasteiger partial charge in [0.2, 0.25) is 0 Å². The lowest BCUT2D eigenvalue weighted by atomic mass is 10.2. The first-order valence-electron chi connectivity index (χ1n) is 9.40. The molecule has 0 bridgehead atoms. The van der Waals surface area contributed by atoms with Gasteiger partial charge in [0.05, 0.1) is 0 Å². The summed E-state index contributed by atoms with van der Waals surface area (Å²) in [5.74, 6) is 0. The molecule has 1 rings (SSSR count). The van der Waals surface area contributed by atoms with Gasteiger partial charge in [0, 0.05) is 51.9 Å². The number of hydrogen-bond donors (Lipinski definition) is 1. The zero-order valence-corrected chi connectivity index (χ0v) is 16.1. The van der Waals surface area contributed by atoms with Crippen LogP contribution < -0.4 is 5.32 Å². The van der Waals surface area contributed by atoms with E-state index in [1.165, 1.54) is 0 Å². The van der Waals surface area contributed by atoms with Gasteiger partial charge in [-0.25, -0.2) is 4.79 Å². The van der Waals surface area contributed by atoms with E-state index in [-0.39, 0.29) is 12.6 Å². The van der Waals surface area contributed by atoms with E-state index in [1.807, 2.05) is 0 Å². The van der Waals surface area contributed by atoms with Gasteiger partial charge in [-0.1, -0.05) is 13.8 Å². The van der Waals surface area contributed by atoms with Gasteiger partial charge in [0.15, 0.2) is 0 Å². The second-order valence-electron chi connectivity index (χ2n) is 6.61. The first-order chi connectivity index (χ1) is 12.3. The van der Waals surface area contributed by atoms with Gasteiger partial charge in [-0.2, -0.15) is 13.2 Å². The number of likely N-dealkylation sites (N-methyl/N-ethyl adjacent to an activating group) is 1. The summed E-state index contributed by atoms with van der Waals surface area (Å²) in [7, 11) is 0. The summed E-state index contributed by atoms with van der Waals surface area (Å²) in [6.07, 6.45) is -3.70. The van der Waals surface area contributed by atoms with Crippen molar-refractivity contribution in [2.45, 2.75) is 39.4 Å². The number of carbonyl (C=O) groups is 1. The Balaban J connectivity index is 2.16. The van der Waals surface area contributed by atoms with Crippen LogP contribution in [0.5, 0.6) is 0 Å². The summed E-state index contributed by atoms with van der Waals surface area (Å²) in [5.41, 5.74) is 0. The molecule has 0 saturated carbocycles. The lowest BCUT2D eigenvalue weighted by Gasteiger charge is -2.35. The third kappa shape index (κ3) is 9.05. The normalized spacial score (nSPS) is 17.6. The highest BCUT2D eigenvalue weighted by molar-refractivity contribution is 5.74. The molecule has 9 heteroatoms. The molecule has 0 aromatic rings. The summed E-state index contributed by atoms with van der Waals surface area (Å²) in [6, 6.07) is 0.254. The molecule has 1 aliphatic rings. The quantitative estimate of drug-likeness (QED) is 0.588. The Bertz CT molecular complexity index is 398. The van der Waals surface area contributed by atoms with Crippen molar-refractivity contribution in [3.05, 3.63) is 0 Å². The Hall–Kier alpha value is -1.06. The first-order valence-corrected chi connectivity index (χ1v) is 9.40. The third-order valence-corrected chi connectivity index (χ3v) is 4.67. The number of alkyl halides is 3. The second kappa shape index (κ2) is 11.6. The lowest BCUT2D eigenvalue weighted by molar-refractivity contribution is -0.174. The molecular weight excluding hydrogens is 349 g/mol. The van der Waals surface area contributed by atoms with E-state index in [9.17, 15) is 18.0 Å². The van der Waals surface area contributed by atoms with Crippen molar-refractivity contribution < 1.29 is 22.7 Å². The number of nitrogens with one attached hydrogen (secondary N) is 1. The average Bonchev–Trinajstić information content (AvgIpc) is 2.60. The van der Waals surface area contributed by atoms with Gasteiger partial charge in [-0.15, -0.1) is 0 Å². The van der Waals surface area contributed by atoms with E-state index in [0.29, 0.717) is 38.6 Å². The van der Waals surface area contributed by atoms with Crippen LogP contribution in [0.3, 0.4) is 0 Å². The molecule has 0 aliphatic carbocycles. The van der Waals surface area contributed by atoms with E-state index in [0.717, 1.165) is 26.2 Å². The van der Waals surface area contributed by atoms with E-state index in [1.54, 1.807) is 4.90 Å². The number of carbonyl (C=O) groups excluding carboxylic acids is 1. The summed E-state index contributed by atoms with van der Waals surface area (Å²) in [6.45, 7) is 11.2. The second-order valence-corrected chi connectivity index (χ2v) is 6.61. The predicted molar refractivity (Wildman–Crippen MR) is 95.3 cm³/mol. The van der Waals surface area contributed by atoms with Crippen molar-refractivity contribution in [3.8, 4) is 0 Å². The molecule has 1 unspecified atom stereocenters. The van der Waals surface area contributed by atoms with Crippen molar-refractivity contribution in [2.75, 3.05) is 65.6 Å². The van der Waals surface area contributed by atoms with Crippen LogP contribution in [0.15, 0.2) is 0 Å². The number of hydrogen-bond acceptors (Lipinski definition) is 4. The van der Waals surface area contributed by atoms with Crippen LogP contribution in [0, 0.1) is 0 Å². The van der Waals surface area contributed by atoms with Crippen LogP contribution in [0.25, 0.3) is 0 Å². The van der Waals surface area contributed by atoms with Crippen molar-refractivity contribution in [1.82, 2.24) is 20.0 Å². The number of amides is 2. The van der Waals surface area contributed by atoms with Crippen LogP contribution in [0.2, 0.25) is 0 Å². The van der Waals surface area contributed by atoms with Gasteiger partial charge in [0.1, 0.15) is 6.61 Å². The zero-order valence-electron chi connectivity index (χ0n) is 16.1. The maximum absolute atomic E-state index is 12.3. The van der Waals surface area contributed by atoms with Crippen molar-refractivity contribution in [1.29, 1.82) is 0 Å². The third-order valence-electron chi connectivity index (χ3n) is 4.67. The standard InChI is InChI=1S/C17H33F3N4O2/c1-4-23(5-2)15(3)13-21-16(25)24-10-8-22(9-11-24)7-6-12-26-14-17(18,19)20/h15H,4-14H2,1-3H3,(H,21,25). The van der Waals surface area contributed by atoms with Crippen molar-refractivity contribution in [3.63, 3.8) is 0 Å². The zero-order chi connectivity index (χ0) is 19.6. The number of halogens is 3. The molecule has 26 heavy (non-hydrogen) atoms. The fourth-order valence-electron chi connectivity index (χ4n) is 3.08. The van der Waals surface area contributed by atoms with Crippen LogP contribution in [0.1, 0.15) is 27.2 Å². The number of rotatable bonds is 10. The Morgan fingerprint density at radius 1 is 1.19 bits per heavy atom. The Morgan fingerprint density at radius 3 is 2.35 bits per heavy atom. The monoisotopic (exact) mass is 382 g/mol. The van der Waals surface area contributed by atoms with Gasteiger partial charge >= 0.3 is 12.2 Å². The minimum absolute atomic E-state index is 0.0443. The van der Waals surface area contributed by atoms with Gasteiger partial charge in [0.25, 0.3) is 0 Å². The summed E-state index contributed by atoms with van der Waals surface area (Å²) in [4.78, 5) is 18.5. The molecular formula is C17H33F3N4O2. The molecule has 154 valence electrons. The highest BCUT2D eigenvalue weighted by atomic mass is 19.4. The minimum Gasteiger partial charge on any atom is -0.372 e. The maximum Gasteiger partial charge on any atom is 0.411 e. The highest BCUT2D eigenvalue weighted by Crippen LogP contribution is 2.14. The van der Waals surface area contributed by atoms with E-state index in [4.69, 9.17) is 0 Å². The Labute approximate surface area is 154 Å². The largest absolute Gasteiger partial charge is 0.411 e. The first kappa shape index (κ1) is 23.0. The number of urea groups is 1. The molecule has 1 aliphatic heterocycles. The van der Waals surface area contributed by atoms with Crippen LogP contribution in [-0.4, -0.2) is 98.5 Å². The number of piperazine rings is 1. The van der Waals surface area contributed by atoms with Crippen LogP contribution in [0.4, 0.5) is 18.0 Å². The molecule has 6 nitrogen and oxygen atoms in total. The van der Waals surface area contributed by atoms with E-state index in [2.05, 4.69) is 40.6 Å². The number of ether oxygens (including phenoxy) is 1. The SMILES string of the molecule is CCN(CC)C(C)CNC(=O)N1CCN(CCCOCC(F)(F)F)CC1. The van der Waals surface area contributed by atoms with Crippen molar-refractivity contribution in [2.24, 2.45) is 0 Å². The summed E-state index contributed by atoms with van der Waals surface area (Å²) >= 11 is 0. The molecule has 0 aromatic carbocycles. The fraction of sp³-hybridized carbons (Fsp3) is 0.941. The predicted octanol–water partition coefficient (Wildman–Crippen LogP) is 2.01. The molecule has 1 fully saturated rings. The molecule has 1 saturated heterocycles. The van der Waals surface area contributed by atoms with Gasteiger partial charge in [-0.3, -0.25) is 9.80 Å². The number of nitrogens with zero attached hydrogens (tertiary/aromatic N) is 3. The molecule has 1 atom stereocenters. The summed E-state index contributed by atoms with van der Waals surface area (Å²) < 4.78 is 40.5. The maximum atomic E-state index is 12.3. The molecule has 0 spiro atoms. The molecule has 1 N–H and O–H groups in total. The van der Waals surface area contributed by atoms with Crippen molar-refractivity contribution >= 4 is 6.03 Å². The molecule has 2 amide bonds. The van der Waals surface area contributed by atoms with Crippen LogP contribution in [-0.2, 0) is 4.74 Å².